The molecule has 1 aromatic carbocycles. The summed E-state index contributed by atoms with van der Waals surface area (Å²) < 4.78 is 5.20. The van der Waals surface area contributed by atoms with Crippen LogP contribution in [0.1, 0.15) is 5.56 Å². The van der Waals surface area contributed by atoms with Crippen LogP contribution < -0.4 is 10.5 Å². The number of ether oxygens (including phenoxy) is 1. The zero-order valence-corrected chi connectivity index (χ0v) is 7.93. The van der Waals surface area contributed by atoms with Crippen LogP contribution in [0, 0.1) is 6.92 Å². The third-order valence-electron chi connectivity index (χ3n) is 1.74. The molecule has 0 aromatic heterocycles. The Kier molecular flexibility index (Phi) is 3.48. The number of hydrogen-bond acceptors (Lipinski definition) is 3. The second kappa shape index (κ2) is 4.62. The minimum absolute atomic E-state index is 0.0151. The molecule has 0 saturated heterocycles. The molecule has 0 heterocycles. The van der Waals surface area contributed by atoms with Crippen LogP contribution in [0.2, 0.25) is 0 Å². The predicted molar refractivity (Wildman–Crippen MR) is 52.3 cm³/mol. The molecular weight excluding hydrogens is 182 g/mol. The van der Waals surface area contributed by atoms with Gasteiger partial charge in [-0.1, -0.05) is 12.1 Å². The molecule has 0 amide bonds. The Morgan fingerprint density at radius 2 is 2.36 bits per heavy atom. The molecule has 0 radical (unpaired) electrons. The summed E-state index contributed by atoms with van der Waals surface area (Å²) in [4.78, 5) is 10.4. The van der Waals surface area contributed by atoms with Crippen LogP contribution >= 0.6 is 0 Å². The average molecular weight is 195 g/mol. The van der Waals surface area contributed by atoms with Crippen molar-refractivity contribution in [3.05, 3.63) is 29.8 Å². The Balaban J connectivity index is 2.49. The fraction of sp³-hybridized carbons (Fsp3) is 0.300. The zero-order valence-electron chi connectivity index (χ0n) is 7.93. The van der Waals surface area contributed by atoms with E-state index in [2.05, 4.69) is 0 Å². The van der Waals surface area contributed by atoms with Crippen LogP contribution in [-0.4, -0.2) is 23.7 Å². The highest BCUT2D eigenvalue weighted by Gasteiger charge is 2.11. The number of hydrogen-bond donors (Lipinski definition) is 2. The minimum atomic E-state index is -1.06. The van der Waals surface area contributed by atoms with Crippen LogP contribution in [0.4, 0.5) is 0 Å². The monoisotopic (exact) mass is 195 g/mol. The van der Waals surface area contributed by atoms with Gasteiger partial charge in [-0.25, -0.2) is 0 Å². The largest absolute Gasteiger partial charge is 0.491 e. The molecule has 0 fully saturated rings. The SMILES string of the molecule is Cc1cccc(OC[C@@H](N)C(=O)O)c1. The number of carbonyl (C=O) groups is 1. The molecule has 4 nitrogen and oxygen atoms in total. The summed E-state index contributed by atoms with van der Waals surface area (Å²) in [5.74, 6) is -0.417. The lowest BCUT2D eigenvalue weighted by Crippen LogP contribution is -2.36. The molecule has 0 aliphatic carbocycles. The maximum Gasteiger partial charge on any atom is 0.324 e. The number of carboxylic acid groups (broad SMARTS) is 1. The molecule has 0 spiro atoms. The van der Waals surface area contributed by atoms with Crippen molar-refractivity contribution < 1.29 is 14.6 Å². The first kappa shape index (κ1) is 10.5. The summed E-state index contributed by atoms with van der Waals surface area (Å²) >= 11 is 0. The highest BCUT2D eigenvalue weighted by molar-refractivity contribution is 5.73. The summed E-state index contributed by atoms with van der Waals surface area (Å²) in [5.41, 5.74) is 6.34. The third-order valence-corrected chi connectivity index (χ3v) is 1.74. The van der Waals surface area contributed by atoms with Crippen molar-refractivity contribution in [1.82, 2.24) is 0 Å². The van der Waals surface area contributed by atoms with E-state index in [1.165, 1.54) is 0 Å². The van der Waals surface area contributed by atoms with E-state index >= 15 is 0 Å². The van der Waals surface area contributed by atoms with E-state index < -0.39 is 12.0 Å². The Hall–Kier alpha value is -1.55. The van der Waals surface area contributed by atoms with Gasteiger partial charge < -0.3 is 15.6 Å². The normalized spacial score (nSPS) is 12.1. The smallest absolute Gasteiger partial charge is 0.324 e. The topological polar surface area (TPSA) is 72.5 Å². The third kappa shape index (κ3) is 3.06. The van der Waals surface area contributed by atoms with E-state index in [9.17, 15) is 4.79 Å². The fourth-order valence-electron chi connectivity index (χ4n) is 0.962. The lowest BCUT2D eigenvalue weighted by atomic mass is 10.2. The van der Waals surface area contributed by atoms with Crippen molar-refractivity contribution >= 4 is 5.97 Å². The van der Waals surface area contributed by atoms with Gasteiger partial charge in [0.25, 0.3) is 0 Å². The van der Waals surface area contributed by atoms with E-state index in [0.29, 0.717) is 5.75 Å². The van der Waals surface area contributed by atoms with Crippen LogP contribution in [0.25, 0.3) is 0 Å². The molecule has 4 heteroatoms. The van der Waals surface area contributed by atoms with Crippen LogP contribution in [0.5, 0.6) is 5.75 Å². The van der Waals surface area contributed by atoms with Gasteiger partial charge in [0.1, 0.15) is 18.4 Å². The number of aryl methyl sites for hydroxylation is 1. The Bertz CT molecular complexity index is 325. The van der Waals surface area contributed by atoms with Gasteiger partial charge >= 0.3 is 5.97 Å². The number of aliphatic carboxylic acids is 1. The molecule has 3 N–H and O–H groups in total. The van der Waals surface area contributed by atoms with E-state index in [1.54, 1.807) is 6.07 Å². The summed E-state index contributed by atoms with van der Waals surface area (Å²) in [7, 11) is 0. The van der Waals surface area contributed by atoms with Crippen molar-refractivity contribution in [1.29, 1.82) is 0 Å². The van der Waals surface area contributed by atoms with Crippen LogP contribution in [0.3, 0.4) is 0 Å². The molecular formula is C10H13NO3. The lowest BCUT2D eigenvalue weighted by molar-refractivity contribution is -0.139. The van der Waals surface area contributed by atoms with Gasteiger partial charge in [-0.3, -0.25) is 4.79 Å². The van der Waals surface area contributed by atoms with Crippen LogP contribution in [0.15, 0.2) is 24.3 Å². The molecule has 0 aliphatic heterocycles. The number of carboxylic acids is 1. The maximum atomic E-state index is 10.4. The highest BCUT2D eigenvalue weighted by atomic mass is 16.5. The standard InChI is InChI=1S/C10H13NO3/c1-7-3-2-4-8(5-7)14-6-9(11)10(12)13/h2-5,9H,6,11H2,1H3,(H,12,13)/t9-/m1/s1. The Labute approximate surface area is 82.3 Å². The van der Waals surface area contributed by atoms with Crippen molar-refractivity contribution in [2.45, 2.75) is 13.0 Å². The van der Waals surface area contributed by atoms with E-state index in [0.717, 1.165) is 5.56 Å². The molecule has 1 atom stereocenters. The van der Waals surface area contributed by atoms with Gasteiger partial charge in [-0.15, -0.1) is 0 Å². The van der Waals surface area contributed by atoms with Crippen molar-refractivity contribution in [2.75, 3.05) is 6.61 Å². The van der Waals surface area contributed by atoms with Gasteiger partial charge in [-0.05, 0) is 24.6 Å². The van der Waals surface area contributed by atoms with Gasteiger partial charge in [0.15, 0.2) is 0 Å². The molecule has 0 saturated carbocycles. The minimum Gasteiger partial charge on any atom is -0.491 e. The zero-order chi connectivity index (χ0) is 10.6. The maximum absolute atomic E-state index is 10.4. The Morgan fingerprint density at radius 3 is 2.93 bits per heavy atom. The van der Waals surface area contributed by atoms with Gasteiger partial charge in [0, 0.05) is 0 Å². The number of nitrogens with two attached hydrogens (primary N) is 1. The van der Waals surface area contributed by atoms with Gasteiger partial charge in [-0.2, -0.15) is 0 Å². The first-order valence-electron chi connectivity index (χ1n) is 4.27. The molecule has 76 valence electrons. The molecule has 0 unspecified atom stereocenters. The first-order valence-corrected chi connectivity index (χ1v) is 4.27. The predicted octanol–water partition coefficient (Wildman–Crippen LogP) is 0.786. The van der Waals surface area contributed by atoms with Crippen molar-refractivity contribution in [2.24, 2.45) is 5.73 Å². The molecule has 1 rings (SSSR count). The molecule has 0 bridgehead atoms. The van der Waals surface area contributed by atoms with Crippen LogP contribution in [-0.2, 0) is 4.79 Å². The summed E-state index contributed by atoms with van der Waals surface area (Å²) in [6, 6.07) is 6.40. The highest BCUT2D eigenvalue weighted by Crippen LogP contribution is 2.12. The van der Waals surface area contributed by atoms with Gasteiger partial charge in [0.05, 0.1) is 0 Å². The van der Waals surface area contributed by atoms with E-state index in [1.807, 2.05) is 25.1 Å². The lowest BCUT2D eigenvalue weighted by Gasteiger charge is -2.09. The number of rotatable bonds is 4. The second-order valence-corrected chi connectivity index (χ2v) is 3.07. The fourth-order valence-corrected chi connectivity index (χ4v) is 0.962. The van der Waals surface area contributed by atoms with Gasteiger partial charge in [0.2, 0.25) is 0 Å². The quantitative estimate of drug-likeness (QED) is 0.744. The number of benzene rings is 1. The Morgan fingerprint density at radius 1 is 1.64 bits per heavy atom. The van der Waals surface area contributed by atoms with E-state index in [4.69, 9.17) is 15.6 Å². The summed E-state index contributed by atoms with van der Waals surface area (Å²) in [5, 5.41) is 8.51. The molecule has 1 aromatic rings. The van der Waals surface area contributed by atoms with Crippen molar-refractivity contribution in [3.8, 4) is 5.75 Å². The van der Waals surface area contributed by atoms with Crippen molar-refractivity contribution in [3.63, 3.8) is 0 Å². The molecule has 0 aliphatic rings. The second-order valence-electron chi connectivity index (χ2n) is 3.07. The van der Waals surface area contributed by atoms with E-state index in [-0.39, 0.29) is 6.61 Å². The summed E-state index contributed by atoms with van der Waals surface area (Å²) in [6.07, 6.45) is 0. The average Bonchev–Trinajstić information content (AvgIpc) is 2.14. The molecule has 14 heavy (non-hydrogen) atoms. The summed E-state index contributed by atoms with van der Waals surface area (Å²) in [6.45, 7) is 1.92. The first-order chi connectivity index (χ1) is 6.59.